The van der Waals surface area contributed by atoms with E-state index in [9.17, 15) is 19.8 Å². The fourth-order valence-electron chi connectivity index (χ4n) is 3.16. The van der Waals surface area contributed by atoms with Gasteiger partial charge in [-0.15, -0.1) is 0 Å². The number of likely N-dealkylation sites (tertiary alicyclic amines) is 1. The number of carboxylic acid groups (broad SMARTS) is 1. The van der Waals surface area contributed by atoms with Crippen molar-refractivity contribution in [2.45, 2.75) is 64.4 Å². The second-order valence-electron chi connectivity index (χ2n) is 7.60. The van der Waals surface area contributed by atoms with Crippen molar-refractivity contribution in [3.63, 3.8) is 0 Å². The number of aliphatic carboxylic acids is 1. The average molecular weight is 328 g/mol. The summed E-state index contributed by atoms with van der Waals surface area (Å²) in [5.41, 5.74) is -0.470. The van der Waals surface area contributed by atoms with Crippen LogP contribution in [0.4, 0.5) is 0 Å². The number of nitrogens with zero attached hydrogens (tertiary/aromatic N) is 1. The smallest absolute Gasteiger partial charge is 0.333 e. The van der Waals surface area contributed by atoms with Gasteiger partial charge in [-0.25, -0.2) is 4.79 Å². The molecule has 2 aliphatic rings. The number of carbonyl (C=O) groups excluding carboxylic acids is 1. The van der Waals surface area contributed by atoms with Crippen molar-refractivity contribution in [3.05, 3.63) is 0 Å². The highest BCUT2D eigenvalue weighted by atomic mass is 16.5. The molecule has 3 N–H and O–H groups in total. The summed E-state index contributed by atoms with van der Waals surface area (Å²) >= 11 is 0. The van der Waals surface area contributed by atoms with Gasteiger partial charge in [0.2, 0.25) is 5.91 Å². The van der Waals surface area contributed by atoms with E-state index in [0.29, 0.717) is 38.9 Å². The van der Waals surface area contributed by atoms with E-state index in [1.54, 1.807) is 4.90 Å². The molecule has 2 rings (SSSR count). The number of carboxylic acids is 1. The van der Waals surface area contributed by atoms with Crippen molar-refractivity contribution >= 4 is 11.9 Å². The van der Waals surface area contributed by atoms with Crippen molar-refractivity contribution in [2.75, 3.05) is 19.6 Å². The van der Waals surface area contributed by atoms with Crippen LogP contribution in [-0.2, 0) is 14.3 Å². The van der Waals surface area contributed by atoms with Gasteiger partial charge in [0.1, 0.15) is 0 Å². The van der Waals surface area contributed by atoms with Crippen molar-refractivity contribution < 1.29 is 24.5 Å². The molecule has 0 aromatic carbocycles. The zero-order valence-corrected chi connectivity index (χ0v) is 14.1. The van der Waals surface area contributed by atoms with Crippen LogP contribution >= 0.6 is 0 Å². The lowest BCUT2D eigenvalue weighted by Gasteiger charge is -2.37. The molecule has 1 amide bonds. The molecule has 2 heterocycles. The number of nitrogens with one attached hydrogen (secondary N) is 1. The number of hydrogen-bond acceptors (Lipinski definition) is 5. The number of carbonyl (C=O) groups is 2. The summed E-state index contributed by atoms with van der Waals surface area (Å²) in [7, 11) is 0. The van der Waals surface area contributed by atoms with Crippen LogP contribution in [0.2, 0.25) is 0 Å². The Morgan fingerprint density at radius 3 is 2.30 bits per heavy atom. The predicted octanol–water partition coefficient (Wildman–Crippen LogP) is 0.216. The molecule has 23 heavy (non-hydrogen) atoms. The Bertz CT molecular complexity index is 440. The van der Waals surface area contributed by atoms with Crippen LogP contribution in [0.25, 0.3) is 0 Å². The third-order valence-corrected chi connectivity index (χ3v) is 4.50. The first kappa shape index (κ1) is 18.2. The van der Waals surface area contributed by atoms with Gasteiger partial charge in [-0.1, -0.05) is 20.8 Å². The van der Waals surface area contributed by atoms with E-state index in [1.165, 1.54) is 0 Å². The Hall–Kier alpha value is -1.18. The van der Waals surface area contributed by atoms with Crippen molar-refractivity contribution in [1.82, 2.24) is 10.2 Å². The lowest BCUT2D eigenvalue weighted by atomic mass is 9.88. The molecular weight excluding hydrogens is 300 g/mol. The molecule has 0 aromatic heterocycles. The van der Waals surface area contributed by atoms with E-state index in [-0.39, 0.29) is 18.1 Å². The van der Waals surface area contributed by atoms with Gasteiger partial charge >= 0.3 is 5.97 Å². The summed E-state index contributed by atoms with van der Waals surface area (Å²) in [6, 6.07) is -0.302. The van der Waals surface area contributed by atoms with Gasteiger partial charge in [0.05, 0.1) is 18.2 Å². The minimum absolute atomic E-state index is 0.0191. The lowest BCUT2D eigenvalue weighted by molar-refractivity contribution is -0.167. The summed E-state index contributed by atoms with van der Waals surface area (Å²) < 4.78 is 5.79. The quantitative estimate of drug-likeness (QED) is 0.683. The normalized spacial score (nSPS) is 27.9. The maximum Gasteiger partial charge on any atom is 0.333 e. The van der Waals surface area contributed by atoms with Crippen LogP contribution in [0, 0.1) is 5.41 Å². The molecule has 0 saturated carbocycles. The number of hydrogen-bond donors (Lipinski definition) is 3. The highest BCUT2D eigenvalue weighted by molar-refractivity contribution is 5.82. The SMILES string of the molecule is CC(C)(C)C(OC1CCN(C(=O)[C@@H]2C[C@@H](O)CN2)CC1)C(=O)O. The molecule has 0 bridgehead atoms. The Kier molecular flexibility index (Phi) is 5.65. The van der Waals surface area contributed by atoms with Crippen LogP contribution in [-0.4, -0.2) is 71.0 Å². The zero-order valence-electron chi connectivity index (χ0n) is 14.1. The van der Waals surface area contributed by atoms with E-state index < -0.39 is 23.6 Å². The fourth-order valence-corrected chi connectivity index (χ4v) is 3.16. The first-order valence-corrected chi connectivity index (χ1v) is 8.27. The van der Waals surface area contributed by atoms with Crippen molar-refractivity contribution in [1.29, 1.82) is 0 Å². The monoisotopic (exact) mass is 328 g/mol. The van der Waals surface area contributed by atoms with E-state index in [2.05, 4.69) is 5.32 Å². The minimum atomic E-state index is -0.944. The second kappa shape index (κ2) is 7.15. The number of rotatable bonds is 4. The second-order valence-corrected chi connectivity index (χ2v) is 7.60. The Balaban J connectivity index is 1.84. The van der Waals surface area contributed by atoms with Gasteiger partial charge in [-0.2, -0.15) is 0 Å². The van der Waals surface area contributed by atoms with Crippen molar-refractivity contribution in [3.8, 4) is 0 Å². The fraction of sp³-hybridized carbons (Fsp3) is 0.875. The van der Waals surface area contributed by atoms with E-state index in [1.807, 2.05) is 20.8 Å². The molecule has 2 aliphatic heterocycles. The van der Waals surface area contributed by atoms with E-state index >= 15 is 0 Å². The molecular formula is C16H28N2O5. The Morgan fingerprint density at radius 2 is 1.87 bits per heavy atom. The molecule has 7 heteroatoms. The topological polar surface area (TPSA) is 99.1 Å². The predicted molar refractivity (Wildman–Crippen MR) is 84.0 cm³/mol. The summed E-state index contributed by atoms with van der Waals surface area (Å²) in [5, 5.41) is 21.9. The third kappa shape index (κ3) is 4.65. The molecule has 1 unspecified atom stereocenters. The standard InChI is InChI=1S/C16H28N2O5/c1-16(2,3)13(15(21)22)23-11-4-6-18(7-5-11)14(20)12-8-10(19)9-17-12/h10-13,17,19H,4-9H2,1-3H3,(H,21,22)/t10-,12+,13?/m1/s1. The number of ether oxygens (including phenoxy) is 1. The minimum Gasteiger partial charge on any atom is -0.479 e. The van der Waals surface area contributed by atoms with Gasteiger partial charge in [-0.05, 0) is 24.7 Å². The molecule has 0 aromatic rings. The average Bonchev–Trinajstić information content (AvgIpc) is 2.89. The van der Waals surface area contributed by atoms with Crippen LogP contribution in [0.5, 0.6) is 0 Å². The largest absolute Gasteiger partial charge is 0.479 e. The van der Waals surface area contributed by atoms with Gasteiger partial charge in [0.15, 0.2) is 6.10 Å². The summed E-state index contributed by atoms with van der Waals surface area (Å²) in [4.78, 5) is 25.5. The van der Waals surface area contributed by atoms with Gasteiger partial charge in [0, 0.05) is 19.6 Å². The number of aliphatic hydroxyl groups excluding tert-OH is 1. The molecule has 3 atom stereocenters. The summed E-state index contributed by atoms with van der Waals surface area (Å²) in [6.07, 6.45) is 0.304. The van der Waals surface area contributed by atoms with E-state index in [4.69, 9.17) is 4.74 Å². The van der Waals surface area contributed by atoms with Gasteiger partial charge in [-0.3, -0.25) is 4.79 Å². The van der Waals surface area contributed by atoms with Gasteiger partial charge < -0.3 is 25.2 Å². The number of amides is 1. The first-order valence-electron chi connectivity index (χ1n) is 8.27. The Labute approximate surface area is 137 Å². The maximum absolute atomic E-state index is 12.4. The lowest BCUT2D eigenvalue weighted by Crippen LogP contribution is -2.49. The van der Waals surface area contributed by atoms with Crippen LogP contribution in [0.15, 0.2) is 0 Å². The summed E-state index contributed by atoms with van der Waals surface area (Å²) in [6.45, 7) is 7.13. The zero-order chi connectivity index (χ0) is 17.2. The first-order chi connectivity index (χ1) is 10.7. The van der Waals surface area contributed by atoms with Gasteiger partial charge in [0.25, 0.3) is 0 Å². The van der Waals surface area contributed by atoms with Crippen LogP contribution in [0.1, 0.15) is 40.0 Å². The maximum atomic E-state index is 12.4. The van der Waals surface area contributed by atoms with Crippen LogP contribution < -0.4 is 5.32 Å². The van der Waals surface area contributed by atoms with Crippen molar-refractivity contribution in [2.24, 2.45) is 5.41 Å². The molecule has 2 fully saturated rings. The number of β-amino-alcohol motifs (C(OH)–C–C–N with tert-alkyl or cyclic N) is 1. The number of piperidine rings is 1. The molecule has 0 spiro atoms. The molecule has 7 nitrogen and oxygen atoms in total. The molecule has 2 saturated heterocycles. The molecule has 132 valence electrons. The highest BCUT2D eigenvalue weighted by Gasteiger charge is 2.37. The Morgan fingerprint density at radius 1 is 1.26 bits per heavy atom. The third-order valence-electron chi connectivity index (χ3n) is 4.50. The molecule has 0 aliphatic carbocycles. The molecule has 0 radical (unpaired) electrons. The number of aliphatic hydroxyl groups is 1. The highest BCUT2D eigenvalue weighted by Crippen LogP contribution is 2.27. The summed E-state index contributed by atoms with van der Waals surface area (Å²) in [5.74, 6) is -0.925. The van der Waals surface area contributed by atoms with Crippen LogP contribution in [0.3, 0.4) is 0 Å². The van der Waals surface area contributed by atoms with E-state index in [0.717, 1.165) is 0 Å².